The smallest absolute Gasteiger partial charge is 0.224 e. The van der Waals surface area contributed by atoms with Gasteiger partial charge in [-0.15, -0.1) is 0 Å². The van der Waals surface area contributed by atoms with Crippen molar-refractivity contribution in [1.29, 1.82) is 0 Å². The van der Waals surface area contributed by atoms with E-state index in [1.165, 1.54) is 0 Å². The van der Waals surface area contributed by atoms with Crippen molar-refractivity contribution in [2.45, 2.75) is 44.9 Å². The number of anilines is 1. The topological polar surface area (TPSA) is 65.5 Å². The minimum atomic E-state index is 0.0550. The molecule has 0 aromatic heterocycles. The molecule has 0 aliphatic carbocycles. The monoisotopic (exact) mass is 350 g/mol. The third kappa shape index (κ3) is 7.73. The highest BCUT2D eigenvalue weighted by Gasteiger charge is 2.16. The zero-order valence-corrected chi connectivity index (χ0v) is 16.2. The van der Waals surface area contributed by atoms with Crippen LogP contribution in [0.5, 0.6) is 0 Å². The molecule has 0 aliphatic rings. The van der Waals surface area contributed by atoms with Gasteiger partial charge in [0.05, 0.1) is 0 Å². The van der Waals surface area contributed by atoms with Crippen molar-refractivity contribution < 1.29 is 4.79 Å². The fraction of sp³-hybridized carbons (Fsp3) is 0.556. The Hall–Kier alpha value is -1.69. The molecule has 6 heteroatoms. The van der Waals surface area contributed by atoms with Crippen LogP contribution in [0.15, 0.2) is 29.3 Å². The lowest BCUT2D eigenvalue weighted by atomic mass is 10.2. The zero-order chi connectivity index (χ0) is 18.0. The molecule has 24 heavy (non-hydrogen) atoms. The molecule has 1 amide bonds. The minimum Gasteiger partial charge on any atom is -0.355 e. The molecule has 0 fully saturated rings. The largest absolute Gasteiger partial charge is 0.355 e. The van der Waals surface area contributed by atoms with Crippen molar-refractivity contribution in [2.75, 3.05) is 25.2 Å². The number of nitrogens with zero attached hydrogens (tertiary/aromatic N) is 1. The fourth-order valence-corrected chi connectivity index (χ4v) is 2.20. The van der Waals surface area contributed by atoms with Gasteiger partial charge in [-0.05, 0) is 44.2 Å². The fourth-order valence-electron chi connectivity index (χ4n) is 1.98. The van der Waals surface area contributed by atoms with Crippen molar-refractivity contribution in [3.8, 4) is 0 Å². The molecule has 0 aliphatic heterocycles. The molecule has 0 saturated heterocycles. The van der Waals surface area contributed by atoms with E-state index in [1.807, 2.05) is 43.0 Å². The summed E-state index contributed by atoms with van der Waals surface area (Å²) in [6, 6.07) is 7.87. The number of hydrogen-bond acceptors (Lipinski definition) is 3. The molecule has 3 N–H and O–H groups in total. The van der Waals surface area contributed by atoms with Gasteiger partial charge in [0.15, 0.2) is 5.96 Å². The summed E-state index contributed by atoms with van der Waals surface area (Å²) in [5.74, 6) is 0.830. The van der Waals surface area contributed by atoms with Crippen molar-refractivity contribution >= 4 is 29.3 Å². The molecule has 0 radical (unpaired) electrons. The van der Waals surface area contributed by atoms with Crippen molar-refractivity contribution in [3.63, 3.8) is 0 Å². The van der Waals surface area contributed by atoms with E-state index in [1.54, 1.807) is 7.05 Å². The average Bonchev–Trinajstić information content (AvgIpc) is 2.55. The Labute approximate surface area is 150 Å². The predicted molar refractivity (Wildman–Crippen MR) is 106 cm³/mol. The molecular weight excluding hydrogens is 320 g/mol. The molecule has 0 saturated carbocycles. The average molecular weight is 351 g/mol. The van der Waals surface area contributed by atoms with Gasteiger partial charge in [-0.1, -0.05) is 19.1 Å². The highest BCUT2D eigenvalue weighted by molar-refractivity contribution is 7.99. The third-order valence-electron chi connectivity index (χ3n) is 3.61. The van der Waals surface area contributed by atoms with E-state index in [0.717, 1.165) is 30.2 Å². The summed E-state index contributed by atoms with van der Waals surface area (Å²) in [5, 5.41) is 9.57. The molecule has 134 valence electrons. The van der Waals surface area contributed by atoms with E-state index in [-0.39, 0.29) is 10.7 Å². The van der Waals surface area contributed by atoms with Crippen molar-refractivity contribution in [3.05, 3.63) is 29.8 Å². The number of guanidine groups is 1. The first-order valence-electron chi connectivity index (χ1n) is 8.28. The number of hydrogen-bond donors (Lipinski definition) is 3. The van der Waals surface area contributed by atoms with Gasteiger partial charge in [0.25, 0.3) is 0 Å². The standard InChI is InChI=1S/C18H30N4OS/c1-6-8-16(23)22-15-10-7-9-14(11-15)12-20-17(19-4)21-13-18(2,3)24-5/h7,9-11H,6,8,12-13H2,1-5H3,(H,22,23)(H2,19,20,21). The summed E-state index contributed by atoms with van der Waals surface area (Å²) in [5.41, 5.74) is 1.93. The van der Waals surface area contributed by atoms with E-state index in [9.17, 15) is 4.79 Å². The molecule has 0 atom stereocenters. The van der Waals surface area contributed by atoms with Gasteiger partial charge in [0.2, 0.25) is 5.91 Å². The third-order valence-corrected chi connectivity index (χ3v) is 4.86. The van der Waals surface area contributed by atoms with E-state index < -0.39 is 0 Å². The first kappa shape index (κ1) is 20.4. The Kier molecular flexibility index (Phi) is 8.68. The lowest BCUT2D eigenvalue weighted by molar-refractivity contribution is -0.116. The predicted octanol–water partition coefficient (Wildman–Crippen LogP) is 3.23. The Morgan fingerprint density at radius 2 is 2.04 bits per heavy atom. The second-order valence-electron chi connectivity index (χ2n) is 6.24. The van der Waals surface area contributed by atoms with Gasteiger partial charge in [-0.2, -0.15) is 11.8 Å². The van der Waals surface area contributed by atoms with Gasteiger partial charge in [-0.25, -0.2) is 0 Å². The van der Waals surface area contributed by atoms with Crippen LogP contribution in [0.1, 0.15) is 39.2 Å². The van der Waals surface area contributed by atoms with Crippen LogP contribution in [0.3, 0.4) is 0 Å². The van der Waals surface area contributed by atoms with Crippen LogP contribution in [0.4, 0.5) is 5.69 Å². The Morgan fingerprint density at radius 3 is 2.67 bits per heavy atom. The van der Waals surface area contributed by atoms with Gasteiger partial charge >= 0.3 is 0 Å². The quantitative estimate of drug-likeness (QED) is 0.497. The van der Waals surface area contributed by atoms with E-state index >= 15 is 0 Å². The van der Waals surface area contributed by atoms with Crippen LogP contribution >= 0.6 is 11.8 Å². The number of amides is 1. The van der Waals surface area contributed by atoms with Crippen LogP contribution in [0.25, 0.3) is 0 Å². The second kappa shape index (κ2) is 10.2. The maximum atomic E-state index is 11.7. The summed E-state index contributed by atoms with van der Waals surface area (Å²) >= 11 is 1.82. The van der Waals surface area contributed by atoms with E-state index in [4.69, 9.17) is 0 Å². The van der Waals surface area contributed by atoms with Crippen molar-refractivity contribution in [1.82, 2.24) is 10.6 Å². The molecule has 1 rings (SSSR count). The van der Waals surface area contributed by atoms with E-state index in [2.05, 4.69) is 41.0 Å². The normalized spacial score (nSPS) is 12.0. The van der Waals surface area contributed by atoms with Crippen LogP contribution in [-0.2, 0) is 11.3 Å². The van der Waals surface area contributed by atoms with Gasteiger partial charge < -0.3 is 16.0 Å². The maximum Gasteiger partial charge on any atom is 0.224 e. The highest BCUT2D eigenvalue weighted by atomic mass is 32.2. The second-order valence-corrected chi connectivity index (χ2v) is 7.76. The number of benzene rings is 1. The molecule has 1 aromatic carbocycles. The number of aliphatic imine (C=N–C) groups is 1. The number of carbonyl (C=O) groups is 1. The number of nitrogens with one attached hydrogen (secondary N) is 3. The van der Waals surface area contributed by atoms with Gasteiger partial charge in [0, 0.05) is 37.0 Å². The summed E-state index contributed by atoms with van der Waals surface area (Å²) < 4.78 is 0.154. The molecule has 0 spiro atoms. The van der Waals surface area contributed by atoms with Crippen LogP contribution < -0.4 is 16.0 Å². The van der Waals surface area contributed by atoms with E-state index in [0.29, 0.717) is 13.0 Å². The zero-order valence-electron chi connectivity index (χ0n) is 15.4. The molecule has 1 aromatic rings. The summed E-state index contributed by atoms with van der Waals surface area (Å²) in [7, 11) is 1.77. The van der Waals surface area contributed by atoms with Gasteiger partial charge in [-0.3, -0.25) is 9.79 Å². The van der Waals surface area contributed by atoms with Crippen LogP contribution in [0.2, 0.25) is 0 Å². The molecule has 0 bridgehead atoms. The number of thioether (sulfide) groups is 1. The molecule has 0 heterocycles. The Morgan fingerprint density at radius 1 is 1.29 bits per heavy atom. The highest BCUT2D eigenvalue weighted by Crippen LogP contribution is 2.19. The number of carbonyl (C=O) groups excluding carboxylic acids is 1. The van der Waals surface area contributed by atoms with Gasteiger partial charge in [0.1, 0.15) is 0 Å². The van der Waals surface area contributed by atoms with Crippen molar-refractivity contribution in [2.24, 2.45) is 4.99 Å². The lowest BCUT2D eigenvalue weighted by Gasteiger charge is -2.23. The minimum absolute atomic E-state index is 0.0550. The first-order chi connectivity index (χ1) is 11.4. The molecule has 0 unspecified atom stereocenters. The SMILES string of the molecule is CCCC(=O)Nc1cccc(CNC(=NC)NCC(C)(C)SC)c1. The maximum absolute atomic E-state index is 11.7. The summed E-state index contributed by atoms with van der Waals surface area (Å²) in [6.45, 7) is 7.87. The Bertz CT molecular complexity index is 558. The number of rotatable bonds is 8. The lowest BCUT2D eigenvalue weighted by Crippen LogP contribution is -2.42. The first-order valence-corrected chi connectivity index (χ1v) is 9.51. The molecule has 5 nitrogen and oxygen atoms in total. The molecular formula is C18H30N4OS. The summed E-state index contributed by atoms with van der Waals surface area (Å²) in [6.07, 6.45) is 3.50. The van der Waals surface area contributed by atoms with Crippen LogP contribution in [-0.4, -0.2) is 36.5 Å². The Balaban J connectivity index is 2.55. The summed E-state index contributed by atoms with van der Waals surface area (Å²) in [4.78, 5) is 15.9. The van der Waals surface area contributed by atoms with Crippen LogP contribution in [0, 0.1) is 0 Å².